The van der Waals surface area contributed by atoms with Crippen molar-refractivity contribution in [3.05, 3.63) is 29.3 Å². The van der Waals surface area contributed by atoms with Crippen molar-refractivity contribution in [1.82, 2.24) is 5.32 Å². The van der Waals surface area contributed by atoms with Gasteiger partial charge in [-0.3, -0.25) is 0 Å². The van der Waals surface area contributed by atoms with Gasteiger partial charge in [-0.25, -0.2) is 8.78 Å². The fourth-order valence-corrected chi connectivity index (χ4v) is 2.64. The second kappa shape index (κ2) is 5.22. The molecule has 1 aliphatic rings. The first-order valence-corrected chi connectivity index (χ1v) is 6.30. The van der Waals surface area contributed by atoms with Crippen LogP contribution in [0.25, 0.3) is 0 Å². The van der Waals surface area contributed by atoms with E-state index < -0.39 is 5.92 Å². The van der Waals surface area contributed by atoms with Crippen molar-refractivity contribution in [1.29, 1.82) is 0 Å². The van der Waals surface area contributed by atoms with Gasteiger partial charge in [-0.05, 0) is 37.9 Å². The Morgan fingerprint density at radius 2 is 1.94 bits per heavy atom. The van der Waals surface area contributed by atoms with Crippen molar-refractivity contribution < 1.29 is 13.5 Å². The lowest BCUT2D eigenvalue weighted by molar-refractivity contribution is 0.0157. The quantitative estimate of drug-likeness (QED) is 0.895. The van der Waals surface area contributed by atoms with Gasteiger partial charge in [0, 0.05) is 18.1 Å². The molecule has 2 nitrogen and oxygen atoms in total. The molecule has 1 heterocycles. The summed E-state index contributed by atoms with van der Waals surface area (Å²) in [5.41, 5.74) is 0.794. The van der Waals surface area contributed by atoms with Crippen molar-refractivity contribution in [2.75, 3.05) is 20.2 Å². The number of rotatable bonds is 3. The van der Waals surface area contributed by atoms with Crippen LogP contribution in [0.4, 0.5) is 8.78 Å². The van der Waals surface area contributed by atoms with E-state index in [2.05, 4.69) is 5.32 Å². The van der Waals surface area contributed by atoms with Crippen LogP contribution in [0.15, 0.2) is 18.2 Å². The number of piperidine rings is 1. The number of nitrogens with one attached hydrogen (secondary N) is 1. The topological polar surface area (TPSA) is 21.3 Å². The average Bonchev–Trinajstić information content (AvgIpc) is 2.38. The molecule has 100 valence electrons. The third-order valence-electron chi connectivity index (χ3n) is 3.51. The molecule has 18 heavy (non-hydrogen) atoms. The molecule has 0 saturated carbocycles. The molecule has 0 bridgehead atoms. The zero-order valence-electron chi connectivity index (χ0n) is 10.8. The number of hydrogen-bond acceptors (Lipinski definition) is 2. The van der Waals surface area contributed by atoms with E-state index in [1.807, 2.05) is 0 Å². The van der Waals surface area contributed by atoms with Crippen molar-refractivity contribution in [2.24, 2.45) is 0 Å². The Bertz CT molecular complexity index is 409. The first kappa shape index (κ1) is 13.3. The van der Waals surface area contributed by atoms with E-state index in [1.54, 1.807) is 12.1 Å². The van der Waals surface area contributed by atoms with E-state index in [9.17, 15) is 8.78 Å². The maximum absolute atomic E-state index is 13.7. The molecule has 0 amide bonds. The fraction of sp³-hybridized carbons (Fsp3) is 0.571. The molecular weight excluding hydrogens is 236 g/mol. The van der Waals surface area contributed by atoms with Gasteiger partial charge >= 0.3 is 0 Å². The van der Waals surface area contributed by atoms with Crippen LogP contribution >= 0.6 is 0 Å². The number of alkyl halides is 2. The highest BCUT2D eigenvalue weighted by atomic mass is 19.3. The predicted octanol–water partition coefficient (Wildman–Crippen LogP) is 3.27. The van der Waals surface area contributed by atoms with Gasteiger partial charge in [-0.1, -0.05) is 12.1 Å². The summed E-state index contributed by atoms with van der Waals surface area (Å²) in [5, 5.41) is 3.25. The summed E-state index contributed by atoms with van der Waals surface area (Å²) >= 11 is 0. The molecule has 0 radical (unpaired) electrons. The lowest BCUT2D eigenvalue weighted by Gasteiger charge is -2.28. The normalized spacial score (nSPS) is 17.8. The number of halogens is 2. The summed E-state index contributed by atoms with van der Waals surface area (Å²) in [6.45, 7) is 2.70. The van der Waals surface area contributed by atoms with Gasteiger partial charge in [0.25, 0.3) is 5.92 Å². The minimum absolute atomic E-state index is 0.105. The molecule has 0 aromatic heterocycles. The Kier molecular flexibility index (Phi) is 3.85. The molecule has 1 fully saturated rings. The number of ether oxygens (including phenoxy) is 1. The summed E-state index contributed by atoms with van der Waals surface area (Å²) in [5.74, 6) is -2.08. The molecule has 0 unspecified atom stereocenters. The lowest BCUT2D eigenvalue weighted by atomic mass is 9.85. The second-order valence-electron chi connectivity index (χ2n) is 4.83. The van der Waals surface area contributed by atoms with Gasteiger partial charge in [0.2, 0.25) is 0 Å². The van der Waals surface area contributed by atoms with E-state index >= 15 is 0 Å². The molecule has 1 N–H and O–H groups in total. The highest BCUT2D eigenvalue weighted by Crippen LogP contribution is 2.41. The van der Waals surface area contributed by atoms with Crippen molar-refractivity contribution >= 4 is 0 Å². The largest absolute Gasteiger partial charge is 0.496 e. The molecule has 1 aliphatic heterocycles. The highest BCUT2D eigenvalue weighted by Gasteiger charge is 2.32. The number of hydrogen-bond donors (Lipinski definition) is 1. The van der Waals surface area contributed by atoms with Crippen molar-refractivity contribution in [2.45, 2.75) is 31.6 Å². The molecule has 0 spiro atoms. The van der Waals surface area contributed by atoms with Gasteiger partial charge in [0.1, 0.15) is 5.75 Å². The SMILES string of the molecule is COc1cccc(C(C)(F)F)c1C1CCNCC1. The van der Waals surface area contributed by atoms with Crippen LogP contribution in [-0.2, 0) is 5.92 Å². The fourth-order valence-electron chi connectivity index (χ4n) is 2.64. The standard InChI is InChI=1S/C14H19F2NO/c1-14(15,16)11-4-3-5-12(18-2)13(11)10-6-8-17-9-7-10/h3-5,10,17H,6-9H2,1-2H3. The number of methoxy groups -OCH3 is 1. The van der Waals surface area contributed by atoms with E-state index in [-0.39, 0.29) is 11.5 Å². The maximum atomic E-state index is 13.7. The maximum Gasteiger partial charge on any atom is 0.270 e. The van der Waals surface area contributed by atoms with Gasteiger partial charge < -0.3 is 10.1 Å². The predicted molar refractivity (Wildman–Crippen MR) is 67.4 cm³/mol. The molecule has 1 saturated heterocycles. The second-order valence-corrected chi connectivity index (χ2v) is 4.83. The molecule has 0 aliphatic carbocycles. The zero-order chi connectivity index (χ0) is 13.2. The van der Waals surface area contributed by atoms with Crippen LogP contribution in [0.2, 0.25) is 0 Å². The van der Waals surface area contributed by atoms with Crippen LogP contribution in [0.1, 0.15) is 36.8 Å². The number of benzene rings is 1. The highest BCUT2D eigenvalue weighted by molar-refractivity contribution is 5.45. The van der Waals surface area contributed by atoms with Crippen LogP contribution in [0.3, 0.4) is 0 Å². The smallest absolute Gasteiger partial charge is 0.270 e. The van der Waals surface area contributed by atoms with E-state index in [0.29, 0.717) is 11.3 Å². The summed E-state index contributed by atoms with van der Waals surface area (Å²) in [6, 6.07) is 4.92. The average molecular weight is 255 g/mol. The Morgan fingerprint density at radius 1 is 1.28 bits per heavy atom. The van der Waals surface area contributed by atoms with Crippen LogP contribution in [0.5, 0.6) is 5.75 Å². The van der Waals surface area contributed by atoms with Crippen LogP contribution in [0, 0.1) is 0 Å². The molecule has 2 rings (SSSR count). The minimum Gasteiger partial charge on any atom is -0.496 e. The summed E-state index contributed by atoms with van der Waals surface area (Å²) in [4.78, 5) is 0. The summed E-state index contributed by atoms with van der Waals surface area (Å²) in [6.07, 6.45) is 1.76. The summed E-state index contributed by atoms with van der Waals surface area (Å²) in [7, 11) is 1.54. The molecule has 1 aromatic carbocycles. The third-order valence-corrected chi connectivity index (χ3v) is 3.51. The zero-order valence-corrected chi connectivity index (χ0v) is 10.8. The first-order chi connectivity index (χ1) is 8.54. The lowest BCUT2D eigenvalue weighted by Crippen LogP contribution is -2.28. The monoisotopic (exact) mass is 255 g/mol. The molecule has 4 heteroatoms. The third kappa shape index (κ3) is 2.64. The van der Waals surface area contributed by atoms with E-state index in [4.69, 9.17) is 4.74 Å². The minimum atomic E-state index is -2.82. The van der Waals surface area contributed by atoms with Gasteiger partial charge in [0.15, 0.2) is 0 Å². The molecule has 0 atom stereocenters. The van der Waals surface area contributed by atoms with Crippen molar-refractivity contribution in [3.63, 3.8) is 0 Å². The van der Waals surface area contributed by atoms with Crippen LogP contribution in [-0.4, -0.2) is 20.2 Å². The van der Waals surface area contributed by atoms with Gasteiger partial charge in [0.05, 0.1) is 7.11 Å². The van der Waals surface area contributed by atoms with Crippen LogP contribution < -0.4 is 10.1 Å². The Morgan fingerprint density at radius 3 is 2.50 bits per heavy atom. The summed E-state index contributed by atoms with van der Waals surface area (Å²) < 4.78 is 32.7. The molecule has 1 aromatic rings. The Labute approximate surface area is 106 Å². The van der Waals surface area contributed by atoms with E-state index in [0.717, 1.165) is 32.9 Å². The first-order valence-electron chi connectivity index (χ1n) is 6.30. The van der Waals surface area contributed by atoms with Crippen molar-refractivity contribution in [3.8, 4) is 5.75 Å². The van der Waals surface area contributed by atoms with Gasteiger partial charge in [-0.15, -0.1) is 0 Å². The van der Waals surface area contributed by atoms with E-state index in [1.165, 1.54) is 13.2 Å². The molecular formula is C14H19F2NO. The Hall–Kier alpha value is -1.16. The van der Waals surface area contributed by atoms with Gasteiger partial charge in [-0.2, -0.15) is 0 Å². The Balaban J connectivity index is 2.46.